The summed E-state index contributed by atoms with van der Waals surface area (Å²) in [4.78, 5) is 2.03. The largest absolute Gasteiger partial charge is 0.489 e. The topological polar surface area (TPSA) is 64.5 Å². The second-order valence-corrected chi connectivity index (χ2v) is 5.14. The molecule has 0 atom stereocenters. The summed E-state index contributed by atoms with van der Waals surface area (Å²) in [5.74, 6) is 1.51. The molecule has 0 aliphatic rings. The molecule has 2 aromatic rings. The van der Waals surface area contributed by atoms with Gasteiger partial charge in [0.15, 0.2) is 0 Å². The first-order valence-electron chi connectivity index (χ1n) is 6.66. The lowest BCUT2D eigenvalue weighted by Crippen LogP contribution is -2.18. The molecule has 0 saturated heterocycles. The fraction of sp³-hybridized carbons (Fsp3) is 0.400. The van der Waals surface area contributed by atoms with E-state index in [9.17, 15) is 0 Å². The number of rotatable bonds is 5. The van der Waals surface area contributed by atoms with Gasteiger partial charge in [-0.25, -0.2) is 0 Å². The number of nitrogens with two attached hydrogens (primary N) is 1. The van der Waals surface area contributed by atoms with E-state index in [-0.39, 0.29) is 6.10 Å². The first kappa shape index (κ1) is 14.2. The number of hydrogen-bond donors (Lipinski definition) is 1. The third-order valence-corrected chi connectivity index (χ3v) is 2.89. The van der Waals surface area contributed by atoms with Crippen molar-refractivity contribution in [2.75, 3.05) is 17.7 Å². The van der Waals surface area contributed by atoms with Gasteiger partial charge in [0.1, 0.15) is 17.2 Å². The van der Waals surface area contributed by atoms with E-state index in [4.69, 9.17) is 15.0 Å². The highest BCUT2D eigenvalue weighted by molar-refractivity contribution is 5.73. The summed E-state index contributed by atoms with van der Waals surface area (Å²) in [6, 6.07) is 7.71. The van der Waals surface area contributed by atoms with Crippen LogP contribution in [0.25, 0.3) is 0 Å². The highest BCUT2D eigenvalue weighted by Crippen LogP contribution is 2.32. The van der Waals surface area contributed by atoms with Crippen LogP contribution in [0.15, 0.2) is 28.8 Å². The van der Waals surface area contributed by atoms with Gasteiger partial charge in [0.2, 0.25) is 0 Å². The summed E-state index contributed by atoms with van der Waals surface area (Å²) < 4.78 is 10.8. The van der Waals surface area contributed by atoms with Crippen molar-refractivity contribution in [3.8, 4) is 5.75 Å². The molecule has 0 fully saturated rings. The highest BCUT2D eigenvalue weighted by Gasteiger charge is 2.12. The van der Waals surface area contributed by atoms with E-state index in [0.29, 0.717) is 18.0 Å². The molecule has 1 heterocycles. The quantitative estimate of drug-likeness (QED) is 0.850. The SMILES string of the molecule is Cc1cc(CN(C)c2cccc(OC(C)C)c2N)no1. The fourth-order valence-corrected chi connectivity index (χ4v) is 2.04. The van der Waals surface area contributed by atoms with E-state index in [1.807, 2.05) is 57.0 Å². The summed E-state index contributed by atoms with van der Waals surface area (Å²) in [6.45, 7) is 6.47. The Labute approximate surface area is 119 Å². The van der Waals surface area contributed by atoms with Gasteiger partial charge in [-0.05, 0) is 32.9 Å². The lowest BCUT2D eigenvalue weighted by atomic mass is 10.2. The van der Waals surface area contributed by atoms with Gasteiger partial charge >= 0.3 is 0 Å². The number of anilines is 2. The Bertz CT molecular complexity index is 578. The Kier molecular flexibility index (Phi) is 4.17. The first-order chi connectivity index (χ1) is 9.47. The van der Waals surface area contributed by atoms with Gasteiger partial charge in [-0.15, -0.1) is 0 Å². The number of benzene rings is 1. The number of aryl methyl sites for hydroxylation is 1. The molecule has 0 amide bonds. The molecule has 5 nitrogen and oxygen atoms in total. The molecule has 0 radical (unpaired) electrons. The van der Waals surface area contributed by atoms with Crippen LogP contribution in [0.4, 0.5) is 11.4 Å². The molecule has 0 bridgehead atoms. The number of para-hydroxylation sites is 1. The molecule has 0 aliphatic heterocycles. The van der Waals surface area contributed by atoms with Crippen LogP contribution in [0.1, 0.15) is 25.3 Å². The standard InChI is InChI=1S/C15H21N3O2/c1-10(2)19-14-7-5-6-13(15(14)16)18(4)9-12-8-11(3)20-17-12/h5-8,10H,9,16H2,1-4H3. The van der Waals surface area contributed by atoms with Crippen molar-refractivity contribution < 1.29 is 9.26 Å². The van der Waals surface area contributed by atoms with Crippen LogP contribution >= 0.6 is 0 Å². The molecular formula is C15H21N3O2. The molecule has 108 valence electrons. The normalized spacial score (nSPS) is 10.8. The Morgan fingerprint density at radius 2 is 2.15 bits per heavy atom. The van der Waals surface area contributed by atoms with E-state index in [2.05, 4.69) is 5.16 Å². The van der Waals surface area contributed by atoms with Crippen molar-refractivity contribution in [1.29, 1.82) is 0 Å². The third kappa shape index (κ3) is 3.23. The van der Waals surface area contributed by atoms with Gasteiger partial charge in [0.05, 0.1) is 24.0 Å². The van der Waals surface area contributed by atoms with Crippen LogP contribution in [0.2, 0.25) is 0 Å². The highest BCUT2D eigenvalue weighted by atomic mass is 16.5. The van der Waals surface area contributed by atoms with Gasteiger partial charge in [0, 0.05) is 13.1 Å². The van der Waals surface area contributed by atoms with Crippen LogP contribution in [-0.2, 0) is 6.54 Å². The lowest BCUT2D eigenvalue weighted by molar-refractivity contribution is 0.244. The summed E-state index contributed by atoms with van der Waals surface area (Å²) in [5, 5.41) is 3.99. The molecule has 5 heteroatoms. The average Bonchev–Trinajstić information content (AvgIpc) is 2.76. The number of ether oxygens (including phenoxy) is 1. The Hall–Kier alpha value is -2.17. The van der Waals surface area contributed by atoms with Crippen molar-refractivity contribution in [2.24, 2.45) is 0 Å². The summed E-state index contributed by atoms with van der Waals surface area (Å²) >= 11 is 0. The van der Waals surface area contributed by atoms with Crippen molar-refractivity contribution in [2.45, 2.75) is 33.4 Å². The number of nitrogens with zero attached hydrogens (tertiary/aromatic N) is 2. The zero-order chi connectivity index (χ0) is 14.7. The van der Waals surface area contributed by atoms with Crippen LogP contribution < -0.4 is 15.4 Å². The molecule has 2 rings (SSSR count). The van der Waals surface area contributed by atoms with Crippen LogP contribution in [0.5, 0.6) is 5.75 Å². The maximum absolute atomic E-state index is 6.18. The Morgan fingerprint density at radius 3 is 2.75 bits per heavy atom. The minimum absolute atomic E-state index is 0.0936. The van der Waals surface area contributed by atoms with Crippen LogP contribution in [0.3, 0.4) is 0 Å². The molecule has 2 N–H and O–H groups in total. The molecule has 0 spiro atoms. The molecule has 0 saturated carbocycles. The number of nitrogen functional groups attached to an aromatic ring is 1. The minimum Gasteiger partial charge on any atom is -0.489 e. The maximum Gasteiger partial charge on any atom is 0.144 e. The second kappa shape index (κ2) is 5.86. The molecular weight excluding hydrogens is 254 g/mol. The zero-order valence-electron chi connectivity index (χ0n) is 12.4. The molecule has 1 aromatic carbocycles. The number of hydrogen-bond acceptors (Lipinski definition) is 5. The van der Waals surface area contributed by atoms with Gasteiger partial charge in [-0.1, -0.05) is 11.2 Å². The third-order valence-electron chi connectivity index (χ3n) is 2.89. The van der Waals surface area contributed by atoms with Crippen LogP contribution in [0, 0.1) is 6.92 Å². The fourth-order valence-electron chi connectivity index (χ4n) is 2.04. The molecule has 1 aromatic heterocycles. The predicted octanol–water partition coefficient (Wildman–Crippen LogP) is 2.99. The first-order valence-corrected chi connectivity index (χ1v) is 6.66. The minimum atomic E-state index is 0.0936. The summed E-state index contributed by atoms with van der Waals surface area (Å²) in [5.41, 5.74) is 8.62. The monoisotopic (exact) mass is 275 g/mol. The smallest absolute Gasteiger partial charge is 0.144 e. The molecule has 0 aliphatic carbocycles. The lowest BCUT2D eigenvalue weighted by Gasteiger charge is -2.22. The van der Waals surface area contributed by atoms with Crippen molar-refractivity contribution in [3.63, 3.8) is 0 Å². The van der Waals surface area contributed by atoms with Crippen molar-refractivity contribution >= 4 is 11.4 Å². The second-order valence-electron chi connectivity index (χ2n) is 5.14. The predicted molar refractivity (Wildman–Crippen MR) is 80.0 cm³/mol. The van der Waals surface area contributed by atoms with Crippen LogP contribution in [-0.4, -0.2) is 18.3 Å². The van der Waals surface area contributed by atoms with E-state index in [1.165, 1.54) is 0 Å². The van der Waals surface area contributed by atoms with Gasteiger partial charge in [-0.3, -0.25) is 0 Å². The maximum atomic E-state index is 6.18. The van der Waals surface area contributed by atoms with Crippen molar-refractivity contribution in [3.05, 3.63) is 35.7 Å². The Balaban J connectivity index is 2.19. The van der Waals surface area contributed by atoms with E-state index >= 15 is 0 Å². The van der Waals surface area contributed by atoms with Gasteiger partial charge in [-0.2, -0.15) is 0 Å². The zero-order valence-corrected chi connectivity index (χ0v) is 12.4. The average molecular weight is 275 g/mol. The van der Waals surface area contributed by atoms with Gasteiger partial charge in [0.25, 0.3) is 0 Å². The number of aromatic nitrogens is 1. The van der Waals surface area contributed by atoms with E-state index < -0.39 is 0 Å². The van der Waals surface area contributed by atoms with Gasteiger partial charge < -0.3 is 19.9 Å². The Morgan fingerprint density at radius 1 is 1.40 bits per heavy atom. The van der Waals surface area contributed by atoms with Crippen molar-refractivity contribution in [1.82, 2.24) is 5.16 Å². The van der Waals surface area contributed by atoms with E-state index in [0.717, 1.165) is 17.1 Å². The summed E-state index contributed by atoms with van der Waals surface area (Å²) in [7, 11) is 1.97. The summed E-state index contributed by atoms with van der Waals surface area (Å²) in [6.07, 6.45) is 0.0936. The van der Waals surface area contributed by atoms with E-state index in [1.54, 1.807) is 0 Å². The molecule has 20 heavy (non-hydrogen) atoms. The molecule has 0 unspecified atom stereocenters.